The van der Waals surface area contributed by atoms with Gasteiger partial charge in [0, 0.05) is 18.7 Å². The number of fused-ring (bicyclic) bond motifs is 1. The molecule has 0 spiro atoms. The molecule has 0 radical (unpaired) electrons. The molecule has 1 fully saturated rings. The smallest absolute Gasteiger partial charge is 0.327 e. The molecule has 2 heterocycles. The van der Waals surface area contributed by atoms with E-state index < -0.39 is 18.1 Å². The van der Waals surface area contributed by atoms with Gasteiger partial charge in [-0.15, -0.1) is 0 Å². The fraction of sp³-hybridized carbons (Fsp3) is 0.467. The number of nitrogens with zero attached hydrogens (tertiary/aromatic N) is 1. The molecule has 1 amide bonds. The van der Waals surface area contributed by atoms with Crippen LogP contribution in [0.25, 0.3) is 0 Å². The zero-order valence-corrected chi connectivity index (χ0v) is 11.3. The zero-order valence-electron chi connectivity index (χ0n) is 11.3. The molecule has 2 aliphatic heterocycles. The van der Waals surface area contributed by atoms with Gasteiger partial charge in [0.2, 0.25) is 0 Å². The fourth-order valence-electron chi connectivity index (χ4n) is 3.00. The van der Waals surface area contributed by atoms with Crippen LogP contribution in [0, 0.1) is 5.92 Å². The number of benzene rings is 1. The molecule has 1 aromatic carbocycles. The van der Waals surface area contributed by atoms with E-state index in [-0.39, 0.29) is 11.8 Å². The summed E-state index contributed by atoms with van der Waals surface area (Å²) in [6.45, 7) is 2.53. The van der Waals surface area contributed by atoms with Gasteiger partial charge in [-0.2, -0.15) is 0 Å². The molecule has 5 heteroatoms. The second kappa shape index (κ2) is 4.90. The van der Waals surface area contributed by atoms with Crippen LogP contribution >= 0.6 is 0 Å². The number of carboxylic acid groups (broad SMARTS) is 1. The van der Waals surface area contributed by atoms with E-state index in [1.165, 1.54) is 4.90 Å². The number of aliphatic carboxylic acids is 1. The summed E-state index contributed by atoms with van der Waals surface area (Å²) >= 11 is 0. The predicted molar refractivity (Wildman–Crippen MR) is 72.6 cm³/mol. The van der Waals surface area contributed by atoms with Gasteiger partial charge in [0.25, 0.3) is 5.91 Å². The molecule has 0 aromatic heterocycles. The van der Waals surface area contributed by atoms with E-state index in [1.807, 2.05) is 25.1 Å². The van der Waals surface area contributed by atoms with Crippen LogP contribution in [0.1, 0.15) is 18.9 Å². The summed E-state index contributed by atoms with van der Waals surface area (Å²) in [5.41, 5.74) is 1.60. The quantitative estimate of drug-likeness (QED) is 0.887. The lowest BCUT2D eigenvalue weighted by Crippen LogP contribution is -2.48. The number of hydrogen-bond donors (Lipinski definition) is 1. The van der Waals surface area contributed by atoms with Gasteiger partial charge >= 0.3 is 5.97 Å². The molecule has 1 saturated heterocycles. The van der Waals surface area contributed by atoms with Crippen molar-refractivity contribution >= 4 is 17.6 Å². The zero-order chi connectivity index (χ0) is 14.3. The standard InChI is InChI=1S/C15H17NO4/c1-9-6-7-20-13(9)14(17)16-11-5-3-2-4-10(11)8-12(16)15(18)19/h2-5,9,12-13H,6-8H2,1H3,(H,18,19)/t9?,12-,13?/m0/s1. The molecular formula is C15H17NO4. The van der Waals surface area contributed by atoms with Crippen molar-refractivity contribution in [3.05, 3.63) is 29.8 Å². The van der Waals surface area contributed by atoms with E-state index in [0.29, 0.717) is 18.7 Å². The van der Waals surface area contributed by atoms with E-state index in [2.05, 4.69) is 0 Å². The third kappa shape index (κ3) is 1.98. The first-order chi connectivity index (χ1) is 9.59. The number of carbonyl (C=O) groups is 2. The lowest BCUT2D eigenvalue weighted by atomic mass is 10.0. The number of para-hydroxylation sites is 1. The average Bonchev–Trinajstić information content (AvgIpc) is 3.01. The van der Waals surface area contributed by atoms with Crippen molar-refractivity contribution in [2.24, 2.45) is 5.92 Å². The van der Waals surface area contributed by atoms with Gasteiger partial charge in [-0.1, -0.05) is 25.1 Å². The first-order valence-corrected chi connectivity index (χ1v) is 6.85. The maximum atomic E-state index is 12.7. The summed E-state index contributed by atoms with van der Waals surface area (Å²) < 4.78 is 5.50. The third-order valence-corrected chi connectivity index (χ3v) is 4.13. The minimum atomic E-state index is -0.972. The van der Waals surface area contributed by atoms with E-state index in [0.717, 1.165) is 12.0 Å². The maximum Gasteiger partial charge on any atom is 0.327 e. The molecule has 2 aliphatic rings. The Kier molecular flexibility index (Phi) is 3.22. The topological polar surface area (TPSA) is 66.8 Å². The normalized spacial score (nSPS) is 28.4. The Labute approximate surface area is 117 Å². The number of amides is 1. The van der Waals surface area contributed by atoms with Crippen molar-refractivity contribution in [2.45, 2.75) is 31.9 Å². The Morgan fingerprint density at radius 3 is 2.75 bits per heavy atom. The van der Waals surface area contributed by atoms with Crippen LogP contribution in [0.2, 0.25) is 0 Å². The van der Waals surface area contributed by atoms with Gasteiger partial charge < -0.3 is 9.84 Å². The molecule has 2 unspecified atom stereocenters. The lowest BCUT2D eigenvalue weighted by molar-refractivity contribution is -0.141. The Balaban J connectivity index is 1.96. The highest BCUT2D eigenvalue weighted by Crippen LogP contribution is 2.34. The predicted octanol–water partition coefficient (Wildman–Crippen LogP) is 1.45. The Hall–Kier alpha value is -1.88. The van der Waals surface area contributed by atoms with Crippen molar-refractivity contribution in [3.8, 4) is 0 Å². The fourth-order valence-corrected chi connectivity index (χ4v) is 3.00. The molecule has 3 atom stereocenters. The van der Waals surface area contributed by atoms with Gasteiger partial charge in [0.05, 0.1) is 0 Å². The van der Waals surface area contributed by atoms with Crippen molar-refractivity contribution in [2.75, 3.05) is 11.5 Å². The molecule has 1 N–H and O–H groups in total. The summed E-state index contributed by atoms with van der Waals surface area (Å²) in [4.78, 5) is 25.5. The first kappa shape index (κ1) is 13.1. The number of anilines is 1. The van der Waals surface area contributed by atoms with Crippen molar-refractivity contribution < 1.29 is 19.4 Å². The molecule has 3 rings (SSSR count). The Morgan fingerprint density at radius 1 is 1.35 bits per heavy atom. The minimum Gasteiger partial charge on any atom is -0.480 e. The van der Waals surface area contributed by atoms with Crippen LogP contribution in [0.5, 0.6) is 0 Å². The summed E-state index contributed by atoms with van der Waals surface area (Å²) in [5, 5.41) is 9.38. The number of carboxylic acids is 1. The summed E-state index contributed by atoms with van der Waals surface area (Å²) in [5.74, 6) is -1.07. The highest BCUT2D eigenvalue weighted by Gasteiger charge is 2.43. The monoisotopic (exact) mass is 275 g/mol. The molecule has 0 bridgehead atoms. The van der Waals surface area contributed by atoms with Crippen molar-refractivity contribution in [1.29, 1.82) is 0 Å². The van der Waals surface area contributed by atoms with Crippen molar-refractivity contribution in [1.82, 2.24) is 0 Å². The van der Waals surface area contributed by atoms with Crippen LogP contribution in [-0.4, -0.2) is 35.7 Å². The van der Waals surface area contributed by atoms with Crippen LogP contribution in [-0.2, 0) is 20.7 Å². The minimum absolute atomic E-state index is 0.129. The third-order valence-electron chi connectivity index (χ3n) is 4.13. The largest absolute Gasteiger partial charge is 0.480 e. The number of rotatable bonds is 2. The lowest BCUT2D eigenvalue weighted by Gasteiger charge is -2.26. The molecule has 5 nitrogen and oxygen atoms in total. The van der Waals surface area contributed by atoms with E-state index >= 15 is 0 Å². The highest BCUT2D eigenvalue weighted by atomic mass is 16.5. The highest BCUT2D eigenvalue weighted by molar-refractivity contribution is 6.04. The molecular weight excluding hydrogens is 258 g/mol. The Morgan fingerprint density at radius 2 is 2.10 bits per heavy atom. The molecule has 20 heavy (non-hydrogen) atoms. The molecule has 1 aromatic rings. The second-order valence-electron chi connectivity index (χ2n) is 5.45. The van der Waals surface area contributed by atoms with Gasteiger partial charge in [0.1, 0.15) is 12.1 Å². The van der Waals surface area contributed by atoms with Gasteiger partial charge in [0.15, 0.2) is 0 Å². The van der Waals surface area contributed by atoms with Crippen LogP contribution in [0.15, 0.2) is 24.3 Å². The van der Waals surface area contributed by atoms with E-state index in [4.69, 9.17) is 4.74 Å². The number of carbonyl (C=O) groups excluding carboxylic acids is 1. The van der Waals surface area contributed by atoms with Crippen LogP contribution in [0.3, 0.4) is 0 Å². The SMILES string of the molecule is CC1CCOC1C(=O)N1c2ccccc2C[C@H]1C(=O)O. The van der Waals surface area contributed by atoms with Gasteiger partial charge in [-0.3, -0.25) is 9.69 Å². The number of hydrogen-bond acceptors (Lipinski definition) is 3. The van der Waals surface area contributed by atoms with Gasteiger partial charge in [-0.25, -0.2) is 4.79 Å². The first-order valence-electron chi connectivity index (χ1n) is 6.85. The number of ether oxygens (including phenoxy) is 1. The van der Waals surface area contributed by atoms with Crippen LogP contribution < -0.4 is 4.90 Å². The summed E-state index contributed by atoms with van der Waals surface area (Å²) in [6.07, 6.45) is 0.671. The average molecular weight is 275 g/mol. The molecule has 0 saturated carbocycles. The Bertz CT molecular complexity index is 557. The molecule has 106 valence electrons. The summed E-state index contributed by atoms with van der Waals surface area (Å²) in [7, 11) is 0. The van der Waals surface area contributed by atoms with E-state index in [1.54, 1.807) is 6.07 Å². The van der Waals surface area contributed by atoms with Gasteiger partial charge in [-0.05, 0) is 24.0 Å². The second-order valence-corrected chi connectivity index (χ2v) is 5.45. The van der Waals surface area contributed by atoms with Crippen LogP contribution in [0.4, 0.5) is 5.69 Å². The maximum absolute atomic E-state index is 12.7. The van der Waals surface area contributed by atoms with E-state index in [9.17, 15) is 14.7 Å². The summed E-state index contributed by atoms with van der Waals surface area (Å²) in [6, 6.07) is 6.53. The molecule has 0 aliphatic carbocycles. The van der Waals surface area contributed by atoms with Crippen molar-refractivity contribution in [3.63, 3.8) is 0 Å².